The number of aryl methyl sites for hydroxylation is 1. The Bertz CT molecular complexity index is 326. The van der Waals surface area contributed by atoms with E-state index in [1.165, 1.54) is 30.8 Å². The molecule has 17 heavy (non-hydrogen) atoms. The molecule has 1 atom stereocenters. The van der Waals surface area contributed by atoms with Gasteiger partial charge in [-0.05, 0) is 64.1 Å². The van der Waals surface area contributed by atoms with Gasteiger partial charge in [-0.15, -0.1) is 11.3 Å². The highest BCUT2D eigenvalue weighted by molar-refractivity contribution is 7.09. The van der Waals surface area contributed by atoms with Crippen LogP contribution in [0, 0.1) is 0 Å². The lowest BCUT2D eigenvalue weighted by atomic mass is 9.89. The first kappa shape index (κ1) is 13.1. The average Bonchev–Trinajstić information content (AvgIpc) is 2.98. The van der Waals surface area contributed by atoms with E-state index in [1.54, 1.807) is 0 Å². The summed E-state index contributed by atoms with van der Waals surface area (Å²) < 4.78 is 0. The maximum Gasteiger partial charge on any atom is 0.0304 e. The maximum atomic E-state index is 6.41. The minimum absolute atomic E-state index is 0.147. The average molecular weight is 252 g/mol. The first-order valence-corrected chi connectivity index (χ1v) is 7.51. The van der Waals surface area contributed by atoms with E-state index in [0.29, 0.717) is 0 Å². The number of hydrogen-bond donors (Lipinski definition) is 1. The predicted octanol–water partition coefficient (Wildman–Crippen LogP) is 2.88. The number of hydrogen-bond acceptors (Lipinski definition) is 3. The Morgan fingerprint density at radius 2 is 2.12 bits per heavy atom. The van der Waals surface area contributed by atoms with Crippen LogP contribution in [0.1, 0.15) is 38.0 Å². The number of likely N-dealkylation sites (tertiary alicyclic amines) is 1. The third-order valence-electron chi connectivity index (χ3n) is 4.11. The van der Waals surface area contributed by atoms with Gasteiger partial charge >= 0.3 is 0 Å². The molecule has 0 radical (unpaired) electrons. The van der Waals surface area contributed by atoms with E-state index < -0.39 is 0 Å². The lowest BCUT2D eigenvalue weighted by Crippen LogP contribution is -2.55. The summed E-state index contributed by atoms with van der Waals surface area (Å²) in [6, 6.07) is 4.60. The molecule has 0 amide bonds. The number of thiophene rings is 1. The number of rotatable bonds is 5. The zero-order valence-corrected chi connectivity index (χ0v) is 11.8. The van der Waals surface area contributed by atoms with Gasteiger partial charge in [-0.25, -0.2) is 0 Å². The molecule has 1 saturated heterocycles. The third kappa shape index (κ3) is 3.09. The summed E-state index contributed by atoms with van der Waals surface area (Å²) >= 11 is 1.84. The van der Waals surface area contributed by atoms with Gasteiger partial charge < -0.3 is 5.73 Å². The van der Waals surface area contributed by atoms with Crippen LogP contribution in [-0.4, -0.2) is 29.6 Å². The van der Waals surface area contributed by atoms with Crippen molar-refractivity contribution >= 4 is 11.3 Å². The van der Waals surface area contributed by atoms with Gasteiger partial charge in [-0.2, -0.15) is 0 Å². The van der Waals surface area contributed by atoms with Crippen molar-refractivity contribution in [3.05, 3.63) is 22.4 Å². The summed E-state index contributed by atoms with van der Waals surface area (Å²) in [6.45, 7) is 7.05. The van der Waals surface area contributed by atoms with Crippen molar-refractivity contribution in [2.45, 2.75) is 51.1 Å². The fourth-order valence-electron chi connectivity index (χ4n) is 2.63. The van der Waals surface area contributed by atoms with Crippen LogP contribution in [0.4, 0.5) is 0 Å². The molecule has 2 heterocycles. The van der Waals surface area contributed by atoms with Crippen molar-refractivity contribution in [1.29, 1.82) is 0 Å². The van der Waals surface area contributed by atoms with Crippen molar-refractivity contribution in [2.24, 2.45) is 5.73 Å². The first-order chi connectivity index (χ1) is 8.10. The van der Waals surface area contributed by atoms with Crippen LogP contribution in [0.3, 0.4) is 0 Å². The number of nitrogens with two attached hydrogens (primary N) is 1. The normalized spacial score (nSPS) is 19.7. The Hall–Kier alpha value is -0.380. The quantitative estimate of drug-likeness (QED) is 0.873. The first-order valence-electron chi connectivity index (χ1n) is 6.64. The van der Waals surface area contributed by atoms with E-state index in [1.807, 2.05) is 11.3 Å². The predicted molar refractivity (Wildman–Crippen MR) is 75.5 cm³/mol. The van der Waals surface area contributed by atoms with E-state index in [9.17, 15) is 0 Å². The molecule has 96 valence electrons. The second kappa shape index (κ2) is 5.51. The van der Waals surface area contributed by atoms with Gasteiger partial charge in [0.15, 0.2) is 0 Å². The van der Waals surface area contributed by atoms with Gasteiger partial charge in [0.2, 0.25) is 0 Å². The molecule has 1 aliphatic heterocycles. The van der Waals surface area contributed by atoms with Crippen molar-refractivity contribution in [1.82, 2.24) is 4.90 Å². The molecular weight excluding hydrogens is 228 g/mol. The standard InChI is InChI=1S/C14H24N2S/c1-14(2,16-9-3-4-10-16)13(15)8-7-12-6-5-11-17-12/h5-6,11,13H,3-4,7-10,15H2,1-2H3. The summed E-state index contributed by atoms with van der Waals surface area (Å²) in [5.41, 5.74) is 6.56. The monoisotopic (exact) mass is 252 g/mol. The van der Waals surface area contributed by atoms with Crippen LogP contribution in [0.2, 0.25) is 0 Å². The molecule has 2 N–H and O–H groups in total. The minimum atomic E-state index is 0.147. The van der Waals surface area contributed by atoms with E-state index >= 15 is 0 Å². The summed E-state index contributed by atoms with van der Waals surface area (Å²) in [5, 5.41) is 2.15. The second-order valence-electron chi connectivity index (χ2n) is 5.57. The molecule has 1 aromatic rings. The fourth-order valence-corrected chi connectivity index (χ4v) is 3.36. The lowest BCUT2D eigenvalue weighted by Gasteiger charge is -2.40. The van der Waals surface area contributed by atoms with Crippen LogP contribution < -0.4 is 5.73 Å². The van der Waals surface area contributed by atoms with Crippen LogP contribution in [0.25, 0.3) is 0 Å². The Labute approximate surface area is 109 Å². The summed E-state index contributed by atoms with van der Waals surface area (Å²) in [7, 11) is 0. The van der Waals surface area contributed by atoms with E-state index in [0.717, 1.165) is 12.8 Å². The Morgan fingerprint density at radius 3 is 2.71 bits per heavy atom. The summed E-state index contributed by atoms with van der Waals surface area (Å²) in [4.78, 5) is 4.02. The van der Waals surface area contributed by atoms with Crippen molar-refractivity contribution in [2.75, 3.05) is 13.1 Å². The van der Waals surface area contributed by atoms with E-state index in [-0.39, 0.29) is 11.6 Å². The van der Waals surface area contributed by atoms with Gasteiger partial charge in [0.1, 0.15) is 0 Å². The van der Waals surface area contributed by atoms with E-state index in [2.05, 4.69) is 36.3 Å². The van der Waals surface area contributed by atoms with Crippen molar-refractivity contribution in [3.63, 3.8) is 0 Å². The maximum absolute atomic E-state index is 6.41. The molecule has 0 saturated carbocycles. The Morgan fingerprint density at radius 1 is 1.41 bits per heavy atom. The van der Waals surface area contributed by atoms with Gasteiger partial charge in [0.25, 0.3) is 0 Å². The molecule has 0 aromatic carbocycles. The Balaban J connectivity index is 1.87. The molecule has 1 unspecified atom stereocenters. The fraction of sp³-hybridized carbons (Fsp3) is 0.714. The van der Waals surface area contributed by atoms with Crippen LogP contribution in [0.15, 0.2) is 17.5 Å². The molecule has 0 spiro atoms. The van der Waals surface area contributed by atoms with Crippen LogP contribution in [0.5, 0.6) is 0 Å². The van der Waals surface area contributed by atoms with Crippen LogP contribution in [-0.2, 0) is 6.42 Å². The smallest absolute Gasteiger partial charge is 0.0304 e. The molecule has 0 aliphatic carbocycles. The molecule has 1 fully saturated rings. The largest absolute Gasteiger partial charge is 0.326 e. The third-order valence-corrected chi connectivity index (χ3v) is 5.05. The summed E-state index contributed by atoms with van der Waals surface area (Å²) in [6.07, 6.45) is 4.88. The van der Waals surface area contributed by atoms with Crippen molar-refractivity contribution in [3.8, 4) is 0 Å². The lowest BCUT2D eigenvalue weighted by molar-refractivity contribution is 0.120. The zero-order valence-electron chi connectivity index (χ0n) is 11.0. The summed E-state index contributed by atoms with van der Waals surface area (Å²) in [5.74, 6) is 0. The molecule has 1 aromatic heterocycles. The van der Waals surface area contributed by atoms with Gasteiger partial charge in [-0.1, -0.05) is 6.07 Å². The highest BCUT2D eigenvalue weighted by atomic mass is 32.1. The minimum Gasteiger partial charge on any atom is -0.326 e. The van der Waals surface area contributed by atoms with Crippen molar-refractivity contribution < 1.29 is 0 Å². The van der Waals surface area contributed by atoms with Gasteiger partial charge in [0, 0.05) is 16.5 Å². The second-order valence-corrected chi connectivity index (χ2v) is 6.60. The highest BCUT2D eigenvalue weighted by Gasteiger charge is 2.34. The van der Waals surface area contributed by atoms with Crippen LogP contribution >= 0.6 is 11.3 Å². The topological polar surface area (TPSA) is 29.3 Å². The Kier molecular flexibility index (Phi) is 4.23. The molecule has 0 bridgehead atoms. The molecule has 2 nitrogen and oxygen atoms in total. The zero-order chi connectivity index (χ0) is 12.3. The molecule has 2 rings (SSSR count). The highest BCUT2D eigenvalue weighted by Crippen LogP contribution is 2.26. The number of nitrogens with zero attached hydrogens (tertiary/aromatic N) is 1. The molecular formula is C14H24N2S. The molecule has 3 heteroatoms. The molecule has 1 aliphatic rings. The SMILES string of the molecule is CC(C)(C(N)CCc1cccs1)N1CCCC1. The van der Waals surface area contributed by atoms with Gasteiger partial charge in [0.05, 0.1) is 0 Å². The van der Waals surface area contributed by atoms with E-state index in [4.69, 9.17) is 5.73 Å². The van der Waals surface area contributed by atoms with Gasteiger partial charge in [-0.3, -0.25) is 4.90 Å².